The van der Waals surface area contributed by atoms with Gasteiger partial charge in [0.05, 0.1) is 13.7 Å². The molecule has 1 aliphatic carbocycles. The number of carbonyl (C=O) groups excluding carboxylic acids is 3. The highest BCUT2D eigenvalue weighted by molar-refractivity contribution is 6.02. The summed E-state index contributed by atoms with van der Waals surface area (Å²) in [5.41, 5.74) is 1.98. The van der Waals surface area contributed by atoms with Gasteiger partial charge in [-0.3, -0.25) is 14.9 Å². The van der Waals surface area contributed by atoms with Gasteiger partial charge in [0.1, 0.15) is 30.0 Å². The van der Waals surface area contributed by atoms with Crippen LogP contribution in [0.15, 0.2) is 66.3 Å². The molecule has 2 aliphatic rings. The maximum Gasteiger partial charge on any atom is 0.324 e. The summed E-state index contributed by atoms with van der Waals surface area (Å²) >= 11 is 0. The fourth-order valence-corrected chi connectivity index (χ4v) is 3.70. The Morgan fingerprint density at radius 3 is 2.65 bits per heavy atom. The van der Waals surface area contributed by atoms with Crippen molar-refractivity contribution in [3.63, 3.8) is 0 Å². The van der Waals surface area contributed by atoms with Crippen LogP contribution < -0.4 is 20.1 Å². The van der Waals surface area contributed by atoms with Crippen molar-refractivity contribution in [3.05, 3.63) is 83.2 Å². The molecule has 2 aromatic rings. The minimum atomic E-state index is -0.473. The van der Waals surface area contributed by atoms with Crippen molar-refractivity contribution in [2.75, 3.05) is 20.2 Å². The molecule has 4 amide bonds. The summed E-state index contributed by atoms with van der Waals surface area (Å²) in [7, 11) is 1.50. The first kappa shape index (κ1) is 23.0. The third-order valence-corrected chi connectivity index (χ3v) is 5.46. The van der Waals surface area contributed by atoms with Crippen LogP contribution in [0.1, 0.15) is 22.3 Å². The number of ether oxygens (including phenoxy) is 2. The smallest absolute Gasteiger partial charge is 0.324 e. The number of urea groups is 1. The summed E-state index contributed by atoms with van der Waals surface area (Å²) in [6.07, 6.45) is 6.24. The molecule has 1 unspecified atom stereocenters. The molecule has 1 heterocycles. The maximum atomic E-state index is 13.0. The number of nitrogens with one attached hydrogen (secondary N) is 2. The Morgan fingerprint density at radius 1 is 1.21 bits per heavy atom. The van der Waals surface area contributed by atoms with Crippen molar-refractivity contribution in [2.45, 2.75) is 19.1 Å². The summed E-state index contributed by atoms with van der Waals surface area (Å²) in [5.74, 6) is 0.160. The number of carbonyl (C=O) groups is 3. The van der Waals surface area contributed by atoms with Crippen LogP contribution in [0, 0.1) is 5.82 Å². The van der Waals surface area contributed by atoms with E-state index in [2.05, 4.69) is 10.6 Å². The summed E-state index contributed by atoms with van der Waals surface area (Å²) in [4.78, 5) is 37.4. The van der Waals surface area contributed by atoms with E-state index in [-0.39, 0.29) is 36.8 Å². The lowest BCUT2D eigenvalue weighted by molar-refractivity contribution is -0.118. The average Bonchev–Trinajstić information content (AvgIpc) is 3.16. The molecular formula is C25H24FN3O5. The Morgan fingerprint density at radius 2 is 2.00 bits per heavy atom. The van der Waals surface area contributed by atoms with Crippen molar-refractivity contribution in [1.29, 1.82) is 0 Å². The molecule has 0 saturated carbocycles. The van der Waals surface area contributed by atoms with Gasteiger partial charge in [-0.05, 0) is 54.1 Å². The molecule has 1 atom stereocenters. The van der Waals surface area contributed by atoms with Crippen LogP contribution in [0.5, 0.6) is 11.5 Å². The zero-order valence-electron chi connectivity index (χ0n) is 18.5. The number of hydrogen-bond acceptors (Lipinski definition) is 5. The molecule has 0 aromatic heterocycles. The fraction of sp³-hybridized carbons (Fsp3) is 0.240. The van der Waals surface area contributed by atoms with E-state index in [0.717, 1.165) is 5.57 Å². The Bertz CT molecular complexity index is 1160. The number of benzene rings is 2. The predicted molar refractivity (Wildman–Crippen MR) is 122 cm³/mol. The van der Waals surface area contributed by atoms with Crippen LogP contribution in [0.4, 0.5) is 9.18 Å². The first-order valence-electron chi connectivity index (χ1n) is 10.7. The monoisotopic (exact) mass is 465 g/mol. The van der Waals surface area contributed by atoms with Crippen molar-refractivity contribution in [3.8, 4) is 11.5 Å². The second-order valence-corrected chi connectivity index (χ2v) is 7.90. The number of rotatable bonds is 8. The molecule has 0 bridgehead atoms. The third kappa shape index (κ3) is 5.61. The highest BCUT2D eigenvalue weighted by Crippen LogP contribution is 2.23. The Kier molecular flexibility index (Phi) is 6.91. The molecular weight excluding hydrogens is 441 g/mol. The minimum absolute atomic E-state index is 0.0369. The summed E-state index contributed by atoms with van der Waals surface area (Å²) in [6, 6.07) is 10.4. The molecule has 9 heteroatoms. The van der Waals surface area contributed by atoms with Gasteiger partial charge in [-0.15, -0.1) is 0 Å². The van der Waals surface area contributed by atoms with E-state index in [0.29, 0.717) is 35.6 Å². The van der Waals surface area contributed by atoms with Crippen LogP contribution in [-0.4, -0.2) is 49.0 Å². The van der Waals surface area contributed by atoms with Crippen LogP contribution in [0.2, 0.25) is 0 Å². The van der Waals surface area contributed by atoms with E-state index in [4.69, 9.17) is 9.47 Å². The summed E-state index contributed by atoms with van der Waals surface area (Å²) in [6.45, 7) is 0.443. The van der Waals surface area contributed by atoms with E-state index >= 15 is 0 Å². The van der Waals surface area contributed by atoms with Gasteiger partial charge in [0.2, 0.25) is 5.91 Å². The SMILES string of the molecule is COc1ccc(C(=O)NCC2=CCC(Oc3ccc(F)cc3)C=C2)cc1CN1CC(=O)NC1=O. The number of halogens is 1. The minimum Gasteiger partial charge on any atom is -0.496 e. The van der Waals surface area contributed by atoms with Crippen molar-refractivity contribution >= 4 is 17.8 Å². The first-order valence-corrected chi connectivity index (χ1v) is 10.7. The molecule has 0 spiro atoms. The van der Waals surface area contributed by atoms with Gasteiger partial charge >= 0.3 is 6.03 Å². The molecule has 176 valence electrons. The second-order valence-electron chi connectivity index (χ2n) is 7.90. The molecule has 8 nitrogen and oxygen atoms in total. The lowest BCUT2D eigenvalue weighted by atomic mass is 10.0. The topological polar surface area (TPSA) is 97.0 Å². The first-order chi connectivity index (χ1) is 16.4. The Hall–Kier alpha value is -4.14. The molecule has 34 heavy (non-hydrogen) atoms. The van der Waals surface area contributed by atoms with E-state index in [9.17, 15) is 18.8 Å². The number of imide groups is 1. The highest BCUT2D eigenvalue weighted by Gasteiger charge is 2.27. The van der Waals surface area contributed by atoms with Crippen LogP contribution in [0.3, 0.4) is 0 Å². The van der Waals surface area contributed by atoms with Crippen molar-refractivity contribution in [2.24, 2.45) is 0 Å². The Balaban J connectivity index is 1.32. The number of amides is 4. The maximum absolute atomic E-state index is 13.0. The Labute approximate surface area is 196 Å². The summed E-state index contributed by atoms with van der Waals surface area (Å²) < 4.78 is 24.2. The lowest BCUT2D eigenvalue weighted by Gasteiger charge is -2.19. The van der Waals surface area contributed by atoms with Gasteiger partial charge < -0.3 is 19.7 Å². The van der Waals surface area contributed by atoms with Crippen molar-refractivity contribution < 1.29 is 28.2 Å². The molecule has 2 aromatic carbocycles. The third-order valence-electron chi connectivity index (χ3n) is 5.46. The van der Waals surface area contributed by atoms with Gasteiger partial charge in [-0.25, -0.2) is 9.18 Å². The second kappa shape index (κ2) is 10.2. The van der Waals surface area contributed by atoms with Gasteiger partial charge in [-0.1, -0.05) is 12.2 Å². The molecule has 1 aliphatic heterocycles. The molecule has 0 radical (unpaired) electrons. The lowest BCUT2D eigenvalue weighted by Crippen LogP contribution is -2.29. The number of hydrogen-bond donors (Lipinski definition) is 2. The fourth-order valence-electron chi connectivity index (χ4n) is 3.70. The van der Waals surface area contributed by atoms with E-state index in [1.54, 1.807) is 30.3 Å². The highest BCUT2D eigenvalue weighted by atomic mass is 19.1. The normalized spacial score (nSPS) is 17.3. The standard InChI is InChI=1S/C25H24FN3O5/c1-33-22-11-4-17(12-18(22)14-29-15-23(30)28-25(29)32)24(31)27-13-16-2-7-20(8-3-16)34-21-9-5-19(26)6-10-21/h2-7,9-12,20H,8,13-15H2,1H3,(H,27,31)(H,28,30,32). The predicted octanol–water partition coefficient (Wildman–Crippen LogP) is 2.95. The van der Waals surface area contributed by atoms with Gasteiger partial charge in [-0.2, -0.15) is 0 Å². The number of methoxy groups -OCH3 is 1. The van der Waals surface area contributed by atoms with Gasteiger partial charge in [0.15, 0.2) is 0 Å². The van der Waals surface area contributed by atoms with E-state index in [1.165, 1.54) is 24.1 Å². The van der Waals surface area contributed by atoms with Crippen molar-refractivity contribution in [1.82, 2.24) is 15.5 Å². The molecule has 1 saturated heterocycles. The zero-order valence-corrected chi connectivity index (χ0v) is 18.5. The van der Waals surface area contributed by atoms with E-state index in [1.807, 2.05) is 18.2 Å². The van der Waals surface area contributed by atoms with E-state index < -0.39 is 6.03 Å². The molecule has 2 N–H and O–H groups in total. The quantitative estimate of drug-likeness (QED) is 0.585. The van der Waals surface area contributed by atoms with Gasteiger partial charge in [0, 0.05) is 24.1 Å². The molecule has 4 rings (SSSR count). The van der Waals surface area contributed by atoms with Crippen LogP contribution in [-0.2, 0) is 11.3 Å². The van der Waals surface area contributed by atoms with Crippen LogP contribution in [0.25, 0.3) is 0 Å². The number of nitrogens with zero attached hydrogens (tertiary/aromatic N) is 1. The zero-order chi connectivity index (χ0) is 24.1. The molecule has 1 fully saturated rings. The largest absolute Gasteiger partial charge is 0.496 e. The van der Waals surface area contributed by atoms with Crippen LogP contribution >= 0.6 is 0 Å². The average molecular weight is 465 g/mol. The van der Waals surface area contributed by atoms with Gasteiger partial charge in [0.25, 0.3) is 5.91 Å². The summed E-state index contributed by atoms with van der Waals surface area (Å²) in [5, 5.41) is 5.11.